The molecule has 0 aliphatic heterocycles. The van der Waals surface area contributed by atoms with Crippen LogP contribution < -0.4 is 19.7 Å². The van der Waals surface area contributed by atoms with Gasteiger partial charge in [-0.15, -0.1) is 5.10 Å². The predicted octanol–water partition coefficient (Wildman–Crippen LogP) is 2.50. The number of hydrogen-bond acceptors (Lipinski definition) is 5. The molecule has 0 aliphatic rings. The van der Waals surface area contributed by atoms with Gasteiger partial charge in [0.25, 0.3) is 5.91 Å². The summed E-state index contributed by atoms with van der Waals surface area (Å²) in [5, 5.41) is 4.24. The van der Waals surface area contributed by atoms with Crippen LogP contribution in [-0.4, -0.2) is 24.7 Å². The molecule has 0 atom stereocenters. The normalized spacial score (nSPS) is 11.5. The molecule has 1 aromatic heterocycles. The Balaban J connectivity index is 1.94. The Kier molecular flexibility index (Phi) is 4.52. The van der Waals surface area contributed by atoms with Crippen molar-refractivity contribution in [3.8, 4) is 11.5 Å². The number of aromatic nitrogens is 1. The number of carbonyl (C=O) groups is 1. The molecule has 3 rings (SSSR count). The summed E-state index contributed by atoms with van der Waals surface area (Å²) in [6.07, 6.45) is 0. The molecular weight excluding hydrogens is 326 g/mol. The highest BCUT2D eigenvalue weighted by atomic mass is 32.1. The van der Waals surface area contributed by atoms with E-state index >= 15 is 0 Å². The van der Waals surface area contributed by atoms with Gasteiger partial charge in [-0.05, 0) is 24.3 Å². The topological polar surface area (TPSA) is 64.8 Å². The first kappa shape index (κ1) is 16.1. The SMILES string of the molecule is COc1cccc(C(=O)N/N=c2/sc3ccccc3n2C)c1OC. The summed E-state index contributed by atoms with van der Waals surface area (Å²) in [4.78, 5) is 13.1. The highest BCUT2D eigenvalue weighted by Crippen LogP contribution is 2.30. The summed E-state index contributed by atoms with van der Waals surface area (Å²) in [6.45, 7) is 0. The number of methoxy groups -OCH3 is 2. The third-order valence-corrected chi connectivity index (χ3v) is 4.73. The molecule has 0 radical (unpaired) electrons. The van der Waals surface area contributed by atoms with E-state index in [1.807, 2.05) is 35.9 Å². The van der Waals surface area contributed by atoms with E-state index < -0.39 is 0 Å². The predicted molar refractivity (Wildman–Crippen MR) is 93.4 cm³/mol. The van der Waals surface area contributed by atoms with E-state index in [2.05, 4.69) is 10.5 Å². The zero-order valence-corrected chi connectivity index (χ0v) is 14.4. The van der Waals surface area contributed by atoms with Gasteiger partial charge >= 0.3 is 0 Å². The van der Waals surface area contributed by atoms with Crippen molar-refractivity contribution in [3.05, 3.63) is 52.8 Å². The van der Waals surface area contributed by atoms with Crippen LogP contribution in [0.2, 0.25) is 0 Å². The maximum absolute atomic E-state index is 12.4. The average Bonchev–Trinajstić information content (AvgIpc) is 2.95. The number of thiazole rings is 1. The quantitative estimate of drug-likeness (QED) is 0.740. The van der Waals surface area contributed by atoms with Crippen molar-refractivity contribution in [1.82, 2.24) is 9.99 Å². The minimum Gasteiger partial charge on any atom is -0.493 e. The van der Waals surface area contributed by atoms with Crippen molar-refractivity contribution in [2.24, 2.45) is 12.1 Å². The number of para-hydroxylation sites is 2. The van der Waals surface area contributed by atoms with Crippen LogP contribution >= 0.6 is 11.3 Å². The van der Waals surface area contributed by atoms with Gasteiger partial charge in [0.1, 0.15) is 0 Å². The van der Waals surface area contributed by atoms with E-state index in [0.29, 0.717) is 21.9 Å². The number of benzene rings is 2. The Morgan fingerprint density at radius 2 is 1.92 bits per heavy atom. The largest absolute Gasteiger partial charge is 0.493 e. The number of amides is 1. The smallest absolute Gasteiger partial charge is 0.275 e. The van der Waals surface area contributed by atoms with Crippen LogP contribution in [-0.2, 0) is 7.05 Å². The summed E-state index contributed by atoms with van der Waals surface area (Å²) in [7, 11) is 4.94. The third-order valence-electron chi connectivity index (χ3n) is 3.62. The maximum atomic E-state index is 12.4. The molecule has 1 amide bonds. The van der Waals surface area contributed by atoms with Crippen molar-refractivity contribution < 1.29 is 14.3 Å². The van der Waals surface area contributed by atoms with Crippen molar-refractivity contribution in [2.75, 3.05) is 14.2 Å². The molecule has 0 bridgehead atoms. The van der Waals surface area contributed by atoms with Crippen LogP contribution in [0.25, 0.3) is 10.2 Å². The van der Waals surface area contributed by atoms with Crippen LogP contribution in [0.1, 0.15) is 10.4 Å². The molecule has 0 fully saturated rings. The van der Waals surface area contributed by atoms with Gasteiger partial charge in [-0.1, -0.05) is 29.5 Å². The summed E-state index contributed by atoms with van der Waals surface area (Å²) < 4.78 is 13.5. The lowest BCUT2D eigenvalue weighted by atomic mass is 10.2. The molecule has 6 nitrogen and oxygen atoms in total. The van der Waals surface area contributed by atoms with Crippen molar-refractivity contribution in [1.29, 1.82) is 0 Å². The van der Waals surface area contributed by atoms with Crippen LogP contribution in [0.5, 0.6) is 11.5 Å². The van der Waals surface area contributed by atoms with Gasteiger partial charge in [-0.25, -0.2) is 5.43 Å². The molecule has 124 valence electrons. The molecule has 3 aromatic rings. The lowest BCUT2D eigenvalue weighted by Gasteiger charge is -2.10. The fourth-order valence-corrected chi connectivity index (χ4v) is 3.39. The van der Waals surface area contributed by atoms with Crippen molar-refractivity contribution in [2.45, 2.75) is 0 Å². The Bertz CT molecular complexity index is 959. The second kappa shape index (κ2) is 6.76. The zero-order chi connectivity index (χ0) is 17.1. The first-order chi connectivity index (χ1) is 11.7. The molecule has 2 aromatic carbocycles. The van der Waals surface area contributed by atoms with Gasteiger partial charge in [0.15, 0.2) is 11.5 Å². The second-order valence-electron chi connectivity index (χ2n) is 5.01. The standard InChI is InChI=1S/C17H17N3O3S/c1-20-12-8-4-5-10-14(12)24-17(20)19-18-16(21)11-7-6-9-13(22-2)15(11)23-3/h4-10H,1-3H3,(H,18,21)/b19-17+. The summed E-state index contributed by atoms with van der Waals surface area (Å²) >= 11 is 1.50. The summed E-state index contributed by atoms with van der Waals surface area (Å²) in [5.41, 5.74) is 4.01. The van der Waals surface area contributed by atoms with Gasteiger partial charge in [-0.2, -0.15) is 0 Å². The van der Waals surface area contributed by atoms with E-state index in [0.717, 1.165) is 10.2 Å². The van der Waals surface area contributed by atoms with Crippen molar-refractivity contribution in [3.63, 3.8) is 0 Å². The molecule has 1 N–H and O–H groups in total. The van der Waals surface area contributed by atoms with Crippen LogP contribution in [0.15, 0.2) is 47.6 Å². The molecule has 0 saturated heterocycles. The van der Waals surface area contributed by atoms with Crippen LogP contribution in [0.4, 0.5) is 0 Å². The molecule has 0 unspecified atom stereocenters. The van der Waals surface area contributed by atoms with E-state index in [1.54, 1.807) is 18.2 Å². The lowest BCUT2D eigenvalue weighted by molar-refractivity contribution is 0.0949. The number of nitrogens with zero attached hydrogens (tertiary/aromatic N) is 2. The summed E-state index contributed by atoms with van der Waals surface area (Å²) in [5.74, 6) is 0.522. The fourth-order valence-electron chi connectivity index (χ4n) is 2.41. The third kappa shape index (κ3) is 2.85. The maximum Gasteiger partial charge on any atom is 0.275 e. The second-order valence-corrected chi connectivity index (χ2v) is 6.01. The van der Waals surface area contributed by atoms with E-state index in [1.165, 1.54) is 25.6 Å². The number of nitrogens with one attached hydrogen (secondary N) is 1. The van der Waals surface area contributed by atoms with Gasteiger partial charge < -0.3 is 14.0 Å². The highest BCUT2D eigenvalue weighted by Gasteiger charge is 2.16. The molecule has 0 aliphatic carbocycles. The highest BCUT2D eigenvalue weighted by molar-refractivity contribution is 7.16. The minimum atomic E-state index is -0.358. The molecule has 1 heterocycles. The Morgan fingerprint density at radius 1 is 1.12 bits per heavy atom. The Labute approximate surface area is 143 Å². The first-order valence-corrected chi connectivity index (χ1v) is 8.07. The Hall–Kier alpha value is -2.80. The number of rotatable bonds is 4. The van der Waals surface area contributed by atoms with Gasteiger partial charge in [-0.3, -0.25) is 4.79 Å². The number of hydrogen-bond donors (Lipinski definition) is 1. The summed E-state index contributed by atoms with van der Waals surface area (Å²) in [6, 6.07) is 13.1. The van der Waals surface area contributed by atoms with Crippen LogP contribution in [0, 0.1) is 0 Å². The molecule has 7 heteroatoms. The number of ether oxygens (including phenoxy) is 2. The number of fused-ring (bicyclic) bond motifs is 1. The average molecular weight is 343 g/mol. The van der Waals surface area contributed by atoms with E-state index in [4.69, 9.17) is 9.47 Å². The lowest BCUT2D eigenvalue weighted by Crippen LogP contribution is -2.23. The van der Waals surface area contributed by atoms with E-state index in [-0.39, 0.29) is 5.91 Å². The van der Waals surface area contributed by atoms with Gasteiger partial charge in [0.05, 0.1) is 30.0 Å². The van der Waals surface area contributed by atoms with Gasteiger partial charge in [0.2, 0.25) is 4.80 Å². The molecule has 0 saturated carbocycles. The monoisotopic (exact) mass is 343 g/mol. The number of aryl methyl sites for hydroxylation is 1. The van der Waals surface area contributed by atoms with Crippen LogP contribution in [0.3, 0.4) is 0 Å². The number of carbonyl (C=O) groups excluding carboxylic acids is 1. The zero-order valence-electron chi connectivity index (χ0n) is 13.6. The first-order valence-electron chi connectivity index (χ1n) is 7.25. The molecular formula is C17H17N3O3S. The van der Waals surface area contributed by atoms with E-state index in [9.17, 15) is 4.79 Å². The fraction of sp³-hybridized carbons (Fsp3) is 0.176. The molecule has 0 spiro atoms. The Morgan fingerprint density at radius 3 is 2.62 bits per heavy atom. The van der Waals surface area contributed by atoms with Gasteiger partial charge in [0, 0.05) is 7.05 Å². The molecule has 24 heavy (non-hydrogen) atoms. The van der Waals surface area contributed by atoms with Crippen molar-refractivity contribution >= 4 is 27.5 Å². The minimum absolute atomic E-state index is 0.358.